The highest BCUT2D eigenvalue weighted by molar-refractivity contribution is 14.1. The number of methoxy groups -OCH3 is 1. The highest BCUT2D eigenvalue weighted by Gasteiger charge is 2.13. The van der Waals surface area contributed by atoms with Crippen molar-refractivity contribution in [1.82, 2.24) is 0 Å². The van der Waals surface area contributed by atoms with Gasteiger partial charge in [0.15, 0.2) is 11.5 Å². The van der Waals surface area contributed by atoms with Crippen LogP contribution in [0.1, 0.15) is 16.7 Å². The molecule has 0 atom stereocenters. The molecule has 0 spiro atoms. The lowest BCUT2D eigenvalue weighted by Crippen LogP contribution is -2.01. The number of allylic oxidation sites excluding steroid dienone is 1. The van der Waals surface area contributed by atoms with Gasteiger partial charge >= 0.3 is 0 Å². The van der Waals surface area contributed by atoms with Gasteiger partial charge in [0.05, 0.1) is 22.3 Å². The van der Waals surface area contributed by atoms with E-state index in [0.717, 1.165) is 20.3 Å². The number of benzene rings is 3. The maximum atomic E-state index is 9.55. The molecule has 0 heterocycles. The molecule has 0 aliphatic heterocycles. The Morgan fingerprint density at radius 3 is 2.52 bits per heavy atom. The molecule has 0 bridgehead atoms. The SMILES string of the molecule is COc1cc(C=C(C#N)c2ccccc2)cc(I)c1OCc1ccc(Cl)cc1Cl. The fourth-order valence-corrected chi connectivity index (χ4v) is 3.96. The van der Waals surface area contributed by atoms with Crippen molar-refractivity contribution in [1.29, 1.82) is 5.26 Å². The van der Waals surface area contributed by atoms with Crippen LogP contribution < -0.4 is 9.47 Å². The van der Waals surface area contributed by atoms with E-state index in [1.165, 1.54) is 0 Å². The molecule has 3 aromatic rings. The first kappa shape index (κ1) is 21.5. The van der Waals surface area contributed by atoms with Crippen LogP contribution in [0, 0.1) is 14.9 Å². The first-order valence-corrected chi connectivity index (χ1v) is 10.5. The van der Waals surface area contributed by atoms with Crippen molar-refractivity contribution in [3.63, 3.8) is 0 Å². The predicted octanol–water partition coefficient (Wildman–Crippen LogP) is 7.25. The molecular formula is C23H16Cl2INO2. The van der Waals surface area contributed by atoms with E-state index < -0.39 is 0 Å². The van der Waals surface area contributed by atoms with Crippen molar-refractivity contribution >= 4 is 57.4 Å². The van der Waals surface area contributed by atoms with Crippen LogP contribution in [0.5, 0.6) is 11.5 Å². The summed E-state index contributed by atoms with van der Waals surface area (Å²) >= 11 is 14.4. The van der Waals surface area contributed by atoms with Gasteiger partial charge in [0.2, 0.25) is 0 Å². The van der Waals surface area contributed by atoms with E-state index in [2.05, 4.69) is 28.7 Å². The van der Waals surface area contributed by atoms with Crippen molar-refractivity contribution in [3.05, 3.63) is 91.0 Å². The number of rotatable bonds is 6. The standard InChI is InChI=1S/C23H16Cl2INO2/c1-28-22-11-15(9-18(13-27)16-5-3-2-4-6-16)10-21(26)23(22)29-14-17-7-8-19(24)12-20(17)25/h2-12H,14H2,1H3. The fourth-order valence-electron chi connectivity index (χ4n) is 2.72. The Labute approximate surface area is 193 Å². The van der Waals surface area contributed by atoms with Crippen LogP contribution in [0.3, 0.4) is 0 Å². The molecule has 0 saturated heterocycles. The van der Waals surface area contributed by atoms with Crippen LogP contribution in [-0.2, 0) is 6.61 Å². The Bertz CT molecular complexity index is 1090. The molecule has 3 rings (SSSR count). The molecule has 146 valence electrons. The molecule has 0 aliphatic rings. The molecule has 0 radical (unpaired) electrons. The first-order chi connectivity index (χ1) is 14.0. The lowest BCUT2D eigenvalue weighted by atomic mass is 10.0. The summed E-state index contributed by atoms with van der Waals surface area (Å²) in [7, 11) is 1.59. The van der Waals surface area contributed by atoms with Gasteiger partial charge in [0, 0.05) is 15.6 Å². The van der Waals surface area contributed by atoms with Crippen molar-refractivity contribution in [3.8, 4) is 17.6 Å². The Morgan fingerprint density at radius 2 is 1.86 bits per heavy atom. The van der Waals surface area contributed by atoms with E-state index in [0.29, 0.717) is 27.1 Å². The summed E-state index contributed by atoms with van der Waals surface area (Å²) in [6.07, 6.45) is 1.83. The van der Waals surface area contributed by atoms with Crippen LogP contribution >= 0.6 is 45.8 Å². The van der Waals surface area contributed by atoms with E-state index in [4.69, 9.17) is 32.7 Å². The average molecular weight is 536 g/mol. The Balaban J connectivity index is 1.89. The van der Waals surface area contributed by atoms with Crippen molar-refractivity contribution in [2.24, 2.45) is 0 Å². The normalized spacial score (nSPS) is 11.1. The minimum Gasteiger partial charge on any atom is -0.493 e. The molecule has 0 saturated carbocycles. The van der Waals surface area contributed by atoms with Gasteiger partial charge in [-0.05, 0) is 64.1 Å². The molecule has 0 N–H and O–H groups in total. The van der Waals surface area contributed by atoms with Gasteiger partial charge in [0.1, 0.15) is 6.61 Å². The number of hydrogen-bond acceptors (Lipinski definition) is 3. The molecule has 6 heteroatoms. The lowest BCUT2D eigenvalue weighted by Gasteiger charge is -2.14. The first-order valence-electron chi connectivity index (χ1n) is 8.63. The zero-order chi connectivity index (χ0) is 20.8. The van der Waals surface area contributed by atoms with E-state index in [1.54, 1.807) is 19.2 Å². The Morgan fingerprint density at radius 1 is 1.10 bits per heavy atom. The summed E-state index contributed by atoms with van der Waals surface area (Å²) in [6, 6.07) is 20.9. The lowest BCUT2D eigenvalue weighted by molar-refractivity contribution is 0.282. The van der Waals surface area contributed by atoms with E-state index >= 15 is 0 Å². The van der Waals surface area contributed by atoms with Crippen LogP contribution in [0.15, 0.2) is 60.7 Å². The predicted molar refractivity (Wildman–Crippen MR) is 126 cm³/mol. The molecule has 3 aromatic carbocycles. The molecule has 3 nitrogen and oxygen atoms in total. The van der Waals surface area contributed by atoms with Crippen LogP contribution in [0.4, 0.5) is 0 Å². The van der Waals surface area contributed by atoms with Crippen LogP contribution in [0.2, 0.25) is 10.0 Å². The maximum absolute atomic E-state index is 9.55. The molecule has 0 aromatic heterocycles. The summed E-state index contributed by atoms with van der Waals surface area (Å²) in [6.45, 7) is 0.283. The fraction of sp³-hybridized carbons (Fsp3) is 0.0870. The summed E-state index contributed by atoms with van der Waals surface area (Å²) in [5, 5.41) is 10.7. The third kappa shape index (κ3) is 5.45. The van der Waals surface area contributed by atoms with Gasteiger partial charge < -0.3 is 9.47 Å². The second-order valence-electron chi connectivity index (χ2n) is 6.09. The van der Waals surface area contributed by atoms with Gasteiger partial charge in [-0.25, -0.2) is 0 Å². The summed E-state index contributed by atoms with van der Waals surface area (Å²) in [4.78, 5) is 0. The van der Waals surface area contributed by atoms with Gasteiger partial charge in [-0.2, -0.15) is 5.26 Å². The highest BCUT2D eigenvalue weighted by atomic mass is 127. The molecule has 0 aliphatic carbocycles. The number of nitrogens with zero attached hydrogens (tertiary/aromatic N) is 1. The monoisotopic (exact) mass is 535 g/mol. The van der Waals surface area contributed by atoms with E-state index in [9.17, 15) is 5.26 Å². The second-order valence-corrected chi connectivity index (χ2v) is 8.10. The van der Waals surface area contributed by atoms with Crippen LogP contribution in [0.25, 0.3) is 11.6 Å². The maximum Gasteiger partial charge on any atom is 0.174 e. The second kappa shape index (κ2) is 10.0. The minimum absolute atomic E-state index is 0.283. The summed E-state index contributed by atoms with van der Waals surface area (Å²) in [5.74, 6) is 1.20. The third-order valence-electron chi connectivity index (χ3n) is 4.16. The summed E-state index contributed by atoms with van der Waals surface area (Å²) in [5.41, 5.74) is 3.11. The number of halogens is 3. The van der Waals surface area contributed by atoms with Crippen LogP contribution in [-0.4, -0.2) is 7.11 Å². The van der Waals surface area contributed by atoms with Gasteiger partial charge in [0.25, 0.3) is 0 Å². The average Bonchev–Trinajstić information content (AvgIpc) is 2.72. The Hall–Kier alpha value is -2.20. The van der Waals surface area contributed by atoms with E-state index in [1.807, 2.05) is 54.6 Å². The highest BCUT2D eigenvalue weighted by Crippen LogP contribution is 2.36. The molecule has 0 unspecified atom stereocenters. The molecule has 29 heavy (non-hydrogen) atoms. The number of nitriles is 1. The number of ether oxygens (including phenoxy) is 2. The van der Waals surface area contributed by atoms with Gasteiger partial charge in [-0.3, -0.25) is 0 Å². The molecule has 0 fully saturated rings. The quantitative estimate of drug-likeness (QED) is 0.190. The largest absolute Gasteiger partial charge is 0.493 e. The van der Waals surface area contributed by atoms with Crippen molar-refractivity contribution < 1.29 is 9.47 Å². The smallest absolute Gasteiger partial charge is 0.174 e. The topological polar surface area (TPSA) is 42.2 Å². The van der Waals surface area contributed by atoms with E-state index in [-0.39, 0.29) is 6.61 Å². The van der Waals surface area contributed by atoms with Crippen molar-refractivity contribution in [2.45, 2.75) is 6.61 Å². The van der Waals surface area contributed by atoms with Gasteiger partial charge in [-0.15, -0.1) is 0 Å². The zero-order valence-electron chi connectivity index (χ0n) is 15.5. The Kier molecular flexibility index (Phi) is 7.43. The van der Waals surface area contributed by atoms with Crippen molar-refractivity contribution in [2.75, 3.05) is 7.11 Å². The summed E-state index contributed by atoms with van der Waals surface area (Å²) < 4.78 is 12.4. The molecular weight excluding hydrogens is 520 g/mol. The minimum atomic E-state index is 0.283. The zero-order valence-corrected chi connectivity index (χ0v) is 19.1. The van der Waals surface area contributed by atoms with Gasteiger partial charge in [-0.1, -0.05) is 59.6 Å². The third-order valence-corrected chi connectivity index (χ3v) is 5.54. The number of hydrogen-bond donors (Lipinski definition) is 0. The molecule has 0 amide bonds.